The highest BCUT2D eigenvalue weighted by atomic mass is 32.2. The number of halogens is 5. The Bertz CT molecular complexity index is 922. The minimum Gasteiger partial charge on any atom is -0.321 e. The van der Waals surface area contributed by atoms with Crippen LogP contribution >= 0.6 is 11.8 Å². The minimum atomic E-state index is -4.35. The van der Waals surface area contributed by atoms with Gasteiger partial charge in [-0.25, -0.2) is 4.98 Å². The summed E-state index contributed by atoms with van der Waals surface area (Å²) in [5.41, 5.74) is -0.451. The number of rotatable bonds is 6. The third-order valence-electron chi connectivity index (χ3n) is 4.77. The highest BCUT2D eigenvalue weighted by Gasteiger charge is 2.56. The average molecular weight is 434 g/mol. The second kappa shape index (κ2) is 7.58. The number of carbonyl (C=O) groups is 1. The number of nitrogens with one attached hydrogen (secondary N) is 1. The maximum Gasteiger partial charge on any atom is 0.392 e. The van der Waals surface area contributed by atoms with Crippen LogP contribution in [0.25, 0.3) is 0 Å². The fourth-order valence-electron chi connectivity index (χ4n) is 3.25. The van der Waals surface area contributed by atoms with Gasteiger partial charge in [0.25, 0.3) is 11.8 Å². The molecule has 0 bridgehead atoms. The molecule has 2 aromatic rings. The molecule has 2 unspecified atom stereocenters. The molecule has 1 N–H and O–H groups in total. The van der Waals surface area contributed by atoms with E-state index < -0.39 is 35.5 Å². The van der Waals surface area contributed by atoms with Crippen LogP contribution in [0.1, 0.15) is 35.1 Å². The van der Waals surface area contributed by atoms with Crippen molar-refractivity contribution >= 4 is 23.4 Å². The van der Waals surface area contributed by atoms with Gasteiger partial charge in [-0.3, -0.25) is 9.48 Å². The molecule has 1 aliphatic carbocycles. The molecule has 2 aromatic heterocycles. The molecule has 158 valence electrons. The highest BCUT2D eigenvalue weighted by Crippen LogP contribution is 2.51. The molecular formula is C18H19F5N4OS. The van der Waals surface area contributed by atoms with Crippen LogP contribution in [0.15, 0.2) is 23.4 Å². The zero-order chi connectivity index (χ0) is 21.6. The van der Waals surface area contributed by atoms with Crippen molar-refractivity contribution in [2.24, 2.45) is 11.8 Å². The number of alkyl halides is 5. The number of carbonyl (C=O) groups excluding carboxylic acids is 1. The number of pyridine rings is 1. The number of hydrogen-bond acceptors (Lipinski definition) is 4. The molecule has 1 saturated carbocycles. The Morgan fingerprint density at radius 2 is 2.03 bits per heavy atom. The van der Waals surface area contributed by atoms with Gasteiger partial charge in [0.1, 0.15) is 11.4 Å². The van der Waals surface area contributed by atoms with Crippen LogP contribution in [0, 0.1) is 18.8 Å². The van der Waals surface area contributed by atoms with Crippen molar-refractivity contribution in [3.05, 3.63) is 35.3 Å². The Hall–Kier alpha value is -2.17. The fourth-order valence-corrected chi connectivity index (χ4v) is 3.66. The van der Waals surface area contributed by atoms with Crippen LogP contribution in [0.2, 0.25) is 0 Å². The number of amides is 1. The Kier molecular flexibility index (Phi) is 5.63. The lowest BCUT2D eigenvalue weighted by atomic mass is 10.1. The predicted molar refractivity (Wildman–Crippen MR) is 98.2 cm³/mol. The summed E-state index contributed by atoms with van der Waals surface area (Å²) >= 11 is 1.35. The van der Waals surface area contributed by atoms with Gasteiger partial charge in [0.2, 0.25) is 0 Å². The van der Waals surface area contributed by atoms with Gasteiger partial charge in [-0.1, -0.05) is 0 Å². The largest absolute Gasteiger partial charge is 0.392 e. The highest BCUT2D eigenvalue weighted by molar-refractivity contribution is 7.98. The quantitative estimate of drug-likeness (QED) is 0.521. The van der Waals surface area contributed by atoms with Crippen molar-refractivity contribution in [3.8, 4) is 0 Å². The SMILES string of the molecule is CSc1cc(NC(=O)c2c(C)c(C(C)(F)F)nn2CC2CC2C(F)(F)F)ccn1. The zero-order valence-corrected chi connectivity index (χ0v) is 16.7. The van der Waals surface area contributed by atoms with Crippen molar-refractivity contribution in [1.29, 1.82) is 0 Å². The number of nitrogens with zero attached hydrogens (tertiary/aromatic N) is 3. The first-order valence-corrected chi connectivity index (χ1v) is 9.98. The van der Waals surface area contributed by atoms with Gasteiger partial charge in [-0.15, -0.1) is 11.8 Å². The lowest BCUT2D eigenvalue weighted by Gasteiger charge is -2.10. The van der Waals surface area contributed by atoms with Gasteiger partial charge in [0.15, 0.2) is 0 Å². The number of anilines is 1. The van der Waals surface area contributed by atoms with Crippen LogP contribution in [-0.4, -0.2) is 33.1 Å². The number of hydrogen-bond donors (Lipinski definition) is 1. The second-order valence-electron chi connectivity index (χ2n) is 7.08. The van der Waals surface area contributed by atoms with Gasteiger partial charge < -0.3 is 5.32 Å². The van der Waals surface area contributed by atoms with E-state index in [0.29, 0.717) is 17.6 Å². The fraction of sp³-hybridized carbons (Fsp3) is 0.500. The van der Waals surface area contributed by atoms with Gasteiger partial charge in [-0.05, 0) is 37.7 Å². The van der Waals surface area contributed by atoms with Gasteiger partial charge in [0.05, 0.1) is 10.9 Å². The first-order chi connectivity index (χ1) is 13.4. The Morgan fingerprint density at radius 1 is 1.34 bits per heavy atom. The summed E-state index contributed by atoms with van der Waals surface area (Å²) in [6.45, 7) is 1.70. The van der Waals surface area contributed by atoms with Gasteiger partial charge in [-0.2, -0.15) is 27.1 Å². The number of aromatic nitrogens is 3. The van der Waals surface area contributed by atoms with Crippen LogP contribution in [0.3, 0.4) is 0 Å². The van der Waals surface area contributed by atoms with Crippen LogP contribution in [-0.2, 0) is 12.5 Å². The van der Waals surface area contributed by atoms with Crippen molar-refractivity contribution in [3.63, 3.8) is 0 Å². The summed E-state index contributed by atoms with van der Waals surface area (Å²) in [6.07, 6.45) is -1.17. The van der Waals surface area contributed by atoms with E-state index in [1.54, 1.807) is 12.3 Å². The molecule has 1 amide bonds. The summed E-state index contributed by atoms with van der Waals surface area (Å²) in [5, 5.41) is 7.03. The lowest BCUT2D eigenvalue weighted by Crippen LogP contribution is -2.21. The molecule has 29 heavy (non-hydrogen) atoms. The molecule has 0 aromatic carbocycles. The Balaban J connectivity index is 1.91. The molecule has 0 spiro atoms. The smallest absolute Gasteiger partial charge is 0.321 e. The maximum absolute atomic E-state index is 13.9. The molecular weight excluding hydrogens is 415 g/mol. The molecule has 5 nitrogen and oxygen atoms in total. The lowest BCUT2D eigenvalue weighted by molar-refractivity contribution is -0.151. The van der Waals surface area contributed by atoms with E-state index in [2.05, 4.69) is 15.4 Å². The molecule has 0 aliphatic heterocycles. The molecule has 0 saturated heterocycles. The summed E-state index contributed by atoms with van der Waals surface area (Å²) in [6, 6.07) is 3.14. The zero-order valence-electron chi connectivity index (χ0n) is 15.8. The summed E-state index contributed by atoms with van der Waals surface area (Å²) in [7, 11) is 0. The maximum atomic E-state index is 13.9. The van der Waals surface area contributed by atoms with Gasteiger partial charge >= 0.3 is 6.18 Å². The second-order valence-corrected chi connectivity index (χ2v) is 7.90. The Morgan fingerprint density at radius 3 is 2.59 bits per heavy atom. The van der Waals surface area contributed by atoms with Crippen molar-refractivity contribution in [2.45, 2.75) is 43.9 Å². The molecule has 11 heteroatoms. The predicted octanol–water partition coefficient (Wildman–Crippen LogP) is 4.87. The van der Waals surface area contributed by atoms with E-state index in [1.165, 1.54) is 30.9 Å². The third-order valence-corrected chi connectivity index (χ3v) is 5.41. The summed E-state index contributed by atoms with van der Waals surface area (Å²) < 4.78 is 67.4. The minimum absolute atomic E-state index is 0.0571. The van der Waals surface area contributed by atoms with E-state index >= 15 is 0 Å². The molecule has 3 rings (SSSR count). The number of thioether (sulfide) groups is 1. The standard InChI is InChI=1S/C18H19F5N4OS/c1-9-14(16(28)25-11-4-5-24-13(7-11)29-3)27(26-15(9)17(2,19)20)8-10-6-12(10)18(21,22)23/h4-5,7,10,12H,6,8H2,1-3H3,(H,24,25,28). The first kappa shape index (κ1) is 21.5. The van der Waals surface area contributed by atoms with E-state index in [-0.39, 0.29) is 24.2 Å². The third kappa shape index (κ3) is 4.71. The van der Waals surface area contributed by atoms with Crippen LogP contribution in [0.5, 0.6) is 0 Å². The van der Waals surface area contributed by atoms with E-state index in [0.717, 1.165) is 4.68 Å². The molecule has 1 aliphatic rings. The normalized spacial score (nSPS) is 19.3. The molecule has 1 fully saturated rings. The van der Waals surface area contributed by atoms with E-state index in [1.807, 2.05) is 0 Å². The van der Waals surface area contributed by atoms with Crippen molar-refractivity contribution < 1.29 is 26.7 Å². The Labute approximate surface area is 168 Å². The van der Waals surface area contributed by atoms with Crippen molar-refractivity contribution in [2.75, 3.05) is 11.6 Å². The summed E-state index contributed by atoms with van der Waals surface area (Å²) in [4.78, 5) is 16.9. The van der Waals surface area contributed by atoms with Crippen LogP contribution in [0.4, 0.5) is 27.6 Å². The molecule has 2 atom stereocenters. The van der Waals surface area contributed by atoms with E-state index in [4.69, 9.17) is 0 Å². The summed E-state index contributed by atoms with van der Waals surface area (Å²) in [5.74, 6) is -6.34. The van der Waals surface area contributed by atoms with Crippen molar-refractivity contribution in [1.82, 2.24) is 14.8 Å². The molecule has 0 radical (unpaired) electrons. The molecule has 2 heterocycles. The monoisotopic (exact) mass is 434 g/mol. The van der Waals surface area contributed by atoms with Crippen LogP contribution < -0.4 is 5.32 Å². The topological polar surface area (TPSA) is 59.8 Å². The first-order valence-electron chi connectivity index (χ1n) is 8.75. The van der Waals surface area contributed by atoms with Gasteiger partial charge in [0, 0.05) is 30.9 Å². The average Bonchev–Trinajstić information content (AvgIpc) is 3.30. The van der Waals surface area contributed by atoms with E-state index in [9.17, 15) is 26.7 Å².